The van der Waals surface area contributed by atoms with Gasteiger partial charge in [0, 0.05) is 19.8 Å². The van der Waals surface area contributed by atoms with Gasteiger partial charge in [0.1, 0.15) is 6.61 Å². The lowest BCUT2D eigenvalue weighted by Gasteiger charge is -2.07. The van der Waals surface area contributed by atoms with Crippen molar-refractivity contribution in [3.05, 3.63) is 35.9 Å². The van der Waals surface area contributed by atoms with E-state index < -0.39 is 6.09 Å². The minimum atomic E-state index is -0.400. The molecular weight excluding hydrogens is 258 g/mol. The van der Waals surface area contributed by atoms with Crippen LogP contribution in [-0.2, 0) is 20.8 Å². The van der Waals surface area contributed by atoms with Crippen molar-refractivity contribution in [3.8, 4) is 0 Å². The fraction of sp³-hybridized carbons (Fsp3) is 0.533. The molecule has 0 atom stereocenters. The van der Waals surface area contributed by atoms with E-state index in [0.717, 1.165) is 12.0 Å². The minimum Gasteiger partial charge on any atom is -0.445 e. The Morgan fingerprint density at radius 2 is 1.85 bits per heavy atom. The van der Waals surface area contributed by atoms with Crippen LogP contribution < -0.4 is 5.32 Å². The quantitative estimate of drug-likeness (QED) is 0.669. The van der Waals surface area contributed by atoms with Crippen LogP contribution in [0.15, 0.2) is 30.3 Å². The summed E-state index contributed by atoms with van der Waals surface area (Å²) >= 11 is 0. The van der Waals surface area contributed by atoms with Gasteiger partial charge < -0.3 is 19.5 Å². The Kier molecular flexibility index (Phi) is 9.26. The molecule has 1 rings (SSSR count). The summed E-state index contributed by atoms with van der Waals surface area (Å²) in [5.74, 6) is 0. The number of rotatable bonds is 10. The van der Waals surface area contributed by atoms with Gasteiger partial charge in [0.05, 0.1) is 13.2 Å². The molecule has 0 heterocycles. The summed E-state index contributed by atoms with van der Waals surface area (Å²) in [6.45, 7) is 5.30. The number of hydrogen-bond acceptors (Lipinski definition) is 4. The van der Waals surface area contributed by atoms with Crippen molar-refractivity contribution in [2.75, 3.05) is 33.0 Å². The Labute approximate surface area is 120 Å². The molecule has 0 radical (unpaired) electrons. The standard InChI is InChI=1S/C15H23NO4/c1-2-18-11-12-19-10-6-9-16-15(17)20-13-14-7-4-3-5-8-14/h3-5,7-8H,2,6,9-13H2,1H3,(H,16,17). The molecule has 1 amide bonds. The highest BCUT2D eigenvalue weighted by atomic mass is 16.5. The molecule has 1 aromatic rings. The smallest absolute Gasteiger partial charge is 0.407 e. The van der Waals surface area contributed by atoms with Gasteiger partial charge in [0.25, 0.3) is 0 Å². The maximum atomic E-state index is 11.4. The molecule has 0 unspecified atom stereocenters. The van der Waals surface area contributed by atoms with E-state index in [2.05, 4.69) is 5.32 Å². The Morgan fingerprint density at radius 3 is 2.60 bits per heavy atom. The summed E-state index contributed by atoms with van der Waals surface area (Å²) in [6, 6.07) is 9.58. The Hall–Kier alpha value is -1.59. The third-order valence-corrected chi connectivity index (χ3v) is 2.52. The molecule has 1 aromatic carbocycles. The monoisotopic (exact) mass is 281 g/mol. The van der Waals surface area contributed by atoms with Gasteiger partial charge >= 0.3 is 6.09 Å². The Morgan fingerprint density at radius 1 is 1.10 bits per heavy atom. The molecule has 112 valence electrons. The summed E-state index contributed by atoms with van der Waals surface area (Å²) in [5, 5.41) is 2.68. The first kappa shape index (κ1) is 16.5. The number of amides is 1. The summed E-state index contributed by atoms with van der Waals surface area (Å²) in [4.78, 5) is 11.4. The van der Waals surface area contributed by atoms with Gasteiger partial charge in [-0.15, -0.1) is 0 Å². The molecule has 0 spiro atoms. The van der Waals surface area contributed by atoms with Gasteiger partial charge in [-0.05, 0) is 18.9 Å². The Bertz CT molecular complexity index is 356. The summed E-state index contributed by atoms with van der Waals surface area (Å²) < 4.78 is 15.5. The van der Waals surface area contributed by atoms with E-state index in [-0.39, 0.29) is 6.61 Å². The molecule has 0 aromatic heterocycles. The first-order chi connectivity index (χ1) is 9.83. The number of nitrogens with one attached hydrogen (secondary N) is 1. The van der Waals surface area contributed by atoms with Crippen LogP contribution in [0.4, 0.5) is 4.79 Å². The zero-order valence-corrected chi connectivity index (χ0v) is 12.0. The zero-order chi connectivity index (χ0) is 14.5. The first-order valence-corrected chi connectivity index (χ1v) is 6.93. The molecule has 5 nitrogen and oxygen atoms in total. The first-order valence-electron chi connectivity index (χ1n) is 6.93. The van der Waals surface area contributed by atoms with Gasteiger partial charge in [-0.3, -0.25) is 0 Å². The lowest BCUT2D eigenvalue weighted by molar-refractivity contribution is 0.0518. The summed E-state index contributed by atoms with van der Waals surface area (Å²) in [7, 11) is 0. The predicted octanol–water partition coefficient (Wildman–Crippen LogP) is 2.36. The van der Waals surface area contributed by atoms with Crippen LogP contribution in [0, 0.1) is 0 Å². The molecule has 5 heteroatoms. The molecule has 0 aliphatic carbocycles. The molecule has 0 aliphatic rings. The second-order valence-electron chi connectivity index (χ2n) is 4.15. The number of carbonyl (C=O) groups excluding carboxylic acids is 1. The average Bonchev–Trinajstić information content (AvgIpc) is 2.49. The second-order valence-corrected chi connectivity index (χ2v) is 4.15. The highest BCUT2D eigenvalue weighted by molar-refractivity contribution is 5.67. The maximum absolute atomic E-state index is 11.4. The number of benzene rings is 1. The fourth-order valence-electron chi connectivity index (χ4n) is 1.50. The van der Waals surface area contributed by atoms with Gasteiger partial charge in [0.2, 0.25) is 0 Å². The van der Waals surface area contributed by atoms with Crippen LogP contribution in [0.2, 0.25) is 0 Å². The number of carbonyl (C=O) groups is 1. The van der Waals surface area contributed by atoms with E-state index in [1.807, 2.05) is 37.3 Å². The summed E-state index contributed by atoms with van der Waals surface area (Å²) in [5.41, 5.74) is 0.974. The SMILES string of the molecule is CCOCCOCCCNC(=O)OCc1ccccc1. The fourth-order valence-corrected chi connectivity index (χ4v) is 1.50. The number of hydrogen-bond donors (Lipinski definition) is 1. The normalized spacial score (nSPS) is 10.2. The lowest BCUT2D eigenvalue weighted by Crippen LogP contribution is -2.26. The van der Waals surface area contributed by atoms with Gasteiger partial charge in [-0.2, -0.15) is 0 Å². The van der Waals surface area contributed by atoms with Crippen LogP contribution in [0.3, 0.4) is 0 Å². The molecular formula is C15H23NO4. The van der Waals surface area contributed by atoms with Gasteiger partial charge in [-0.25, -0.2) is 4.79 Å². The van der Waals surface area contributed by atoms with Crippen molar-refractivity contribution in [2.24, 2.45) is 0 Å². The molecule has 0 saturated heterocycles. The van der Waals surface area contributed by atoms with E-state index >= 15 is 0 Å². The Balaban J connectivity index is 1.93. The van der Waals surface area contributed by atoms with Crippen LogP contribution in [0.5, 0.6) is 0 Å². The van der Waals surface area contributed by atoms with E-state index in [9.17, 15) is 4.79 Å². The van der Waals surface area contributed by atoms with Crippen molar-refractivity contribution in [1.82, 2.24) is 5.32 Å². The summed E-state index contributed by atoms with van der Waals surface area (Å²) in [6.07, 6.45) is 0.357. The minimum absolute atomic E-state index is 0.289. The van der Waals surface area contributed by atoms with Crippen molar-refractivity contribution < 1.29 is 19.0 Å². The molecule has 0 saturated carbocycles. The number of ether oxygens (including phenoxy) is 3. The zero-order valence-electron chi connectivity index (χ0n) is 12.0. The molecule has 0 bridgehead atoms. The molecule has 20 heavy (non-hydrogen) atoms. The van der Waals surface area contributed by atoms with Crippen LogP contribution in [0.1, 0.15) is 18.9 Å². The number of alkyl carbamates (subject to hydrolysis) is 1. The maximum Gasteiger partial charge on any atom is 0.407 e. The lowest BCUT2D eigenvalue weighted by atomic mass is 10.2. The largest absolute Gasteiger partial charge is 0.445 e. The molecule has 0 aliphatic heterocycles. The van der Waals surface area contributed by atoms with Crippen LogP contribution in [0.25, 0.3) is 0 Å². The van der Waals surface area contributed by atoms with Crippen molar-refractivity contribution in [3.63, 3.8) is 0 Å². The predicted molar refractivity (Wildman–Crippen MR) is 76.6 cm³/mol. The highest BCUT2D eigenvalue weighted by Crippen LogP contribution is 2.00. The third kappa shape index (κ3) is 8.50. The van der Waals surface area contributed by atoms with Crippen molar-refractivity contribution in [2.45, 2.75) is 20.0 Å². The van der Waals surface area contributed by atoms with Gasteiger partial charge in [-0.1, -0.05) is 30.3 Å². The topological polar surface area (TPSA) is 56.8 Å². The second kappa shape index (κ2) is 11.3. The van der Waals surface area contributed by atoms with Crippen molar-refractivity contribution >= 4 is 6.09 Å². The average molecular weight is 281 g/mol. The van der Waals surface area contributed by atoms with Gasteiger partial charge in [0.15, 0.2) is 0 Å². The highest BCUT2D eigenvalue weighted by Gasteiger charge is 2.01. The van der Waals surface area contributed by atoms with Crippen LogP contribution in [-0.4, -0.2) is 39.1 Å². The molecule has 0 fully saturated rings. The van der Waals surface area contributed by atoms with E-state index in [4.69, 9.17) is 14.2 Å². The molecule has 1 N–H and O–H groups in total. The third-order valence-electron chi connectivity index (χ3n) is 2.52. The van der Waals surface area contributed by atoms with E-state index in [0.29, 0.717) is 33.0 Å². The van der Waals surface area contributed by atoms with E-state index in [1.165, 1.54) is 0 Å². The van der Waals surface area contributed by atoms with Crippen LogP contribution >= 0.6 is 0 Å². The van der Waals surface area contributed by atoms with Crippen molar-refractivity contribution in [1.29, 1.82) is 0 Å². The van der Waals surface area contributed by atoms with E-state index in [1.54, 1.807) is 0 Å².